The molecule has 0 bridgehead atoms. The molecule has 0 heterocycles. The summed E-state index contributed by atoms with van der Waals surface area (Å²) < 4.78 is 7.37. The van der Waals surface area contributed by atoms with E-state index in [1.54, 1.807) is 0 Å². The number of halogens is 1. The van der Waals surface area contributed by atoms with E-state index < -0.39 is 0 Å². The van der Waals surface area contributed by atoms with Gasteiger partial charge in [-0.25, -0.2) is 0 Å². The molecule has 1 fully saturated rings. The molecule has 2 rings (SSSR count). The molecule has 0 atom stereocenters. The summed E-state index contributed by atoms with van der Waals surface area (Å²) in [6.45, 7) is 6.39. The normalized spacial score (nSPS) is 17.0. The Balaban J connectivity index is 1.93. The van der Waals surface area contributed by atoms with Crippen molar-refractivity contribution in [2.24, 2.45) is 5.92 Å². The van der Waals surface area contributed by atoms with Crippen LogP contribution in [-0.2, 0) is 6.54 Å². The van der Waals surface area contributed by atoms with Crippen molar-refractivity contribution >= 4 is 15.9 Å². The summed E-state index contributed by atoms with van der Waals surface area (Å²) in [7, 11) is 0. The van der Waals surface area contributed by atoms with Crippen molar-refractivity contribution in [1.29, 1.82) is 0 Å². The van der Waals surface area contributed by atoms with Crippen LogP contribution in [0, 0.1) is 5.92 Å². The van der Waals surface area contributed by atoms with Crippen LogP contribution in [0.2, 0.25) is 0 Å². The predicted octanol–water partition coefficient (Wildman–Crippen LogP) is 5.30. The van der Waals surface area contributed by atoms with Crippen molar-refractivity contribution in [3.8, 4) is 5.75 Å². The van der Waals surface area contributed by atoms with Gasteiger partial charge in [0.2, 0.25) is 0 Å². The zero-order valence-corrected chi connectivity index (χ0v) is 14.9. The number of rotatable bonds is 6. The Morgan fingerprint density at radius 1 is 1.19 bits per heavy atom. The molecule has 21 heavy (non-hydrogen) atoms. The SMILES string of the molecule is CC(C)CNCc1cc(OC2CCCCCC2)ccc1Br. The van der Waals surface area contributed by atoms with E-state index in [1.165, 1.54) is 44.1 Å². The molecule has 1 aromatic carbocycles. The minimum absolute atomic E-state index is 0.408. The van der Waals surface area contributed by atoms with Crippen LogP contribution in [0.25, 0.3) is 0 Å². The fraction of sp³-hybridized carbons (Fsp3) is 0.667. The number of nitrogens with one attached hydrogen (secondary N) is 1. The van der Waals surface area contributed by atoms with Crippen molar-refractivity contribution in [3.63, 3.8) is 0 Å². The van der Waals surface area contributed by atoms with Crippen LogP contribution < -0.4 is 10.1 Å². The van der Waals surface area contributed by atoms with E-state index >= 15 is 0 Å². The lowest BCUT2D eigenvalue weighted by molar-refractivity contribution is 0.183. The second-order valence-electron chi connectivity index (χ2n) is 6.51. The van der Waals surface area contributed by atoms with Gasteiger partial charge in [0.05, 0.1) is 6.10 Å². The minimum Gasteiger partial charge on any atom is -0.490 e. The van der Waals surface area contributed by atoms with E-state index in [-0.39, 0.29) is 0 Å². The number of ether oxygens (including phenoxy) is 1. The van der Waals surface area contributed by atoms with Crippen molar-refractivity contribution in [2.45, 2.75) is 65.0 Å². The van der Waals surface area contributed by atoms with Crippen LogP contribution in [0.1, 0.15) is 57.9 Å². The third-order valence-electron chi connectivity index (χ3n) is 3.99. The zero-order chi connectivity index (χ0) is 15.1. The van der Waals surface area contributed by atoms with Crippen LogP contribution in [-0.4, -0.2) is 12.6 Å². The van der Waals surface area contributed by atoms with E-state index in [2.05, 4.69) is 53.3 Å². The standard InChI is InChI=1S/C18H28BrNO/c1-14(2)12-20-13-15-11-17(9-10-18(15)19)21-16-7-5-3-4-6-8-16/h9-11,14,16,20H,3-8,12-13H2,1-2H3. The summed E-state index contributed by atoms with van der Waals surface area (Å²) in [5.41, 5.74) is 1.28. The third-order valence-corrected chi connectivity index (χ3v) is 4.76. The number of hydrogen-bond acceptors (Lipinski definition) is 2. The molecule has 118 valence electrons. The molecule has 0 amide bonds. The molecule has 3 heteroatoms. The van der Waals surface area contributed by atoms with E-state index in [0.29, 0.717) is 12.0 Å². The maximum absolute atomic E-state index is 6.21. The Labute approximate surface area is 137 Å². The maximum Gasteiger partial charge on any atom is 0.120 e. The molecule has 1 N–H and O–H groups in total. The molecule has 1 aromatic rings. The van der Waals surface area contributed by atoms with E-state index in [4.69, 9.17) is 4.74 Å². The quantitative estimate of drug-likeness (QED) is 0.700. The largest absolute Gasteiger partial charge is 0.490 e. The molecule has 0 aromatic heterocycles. The fourth-order valence-corrected chi connectivity index (χ4v) is 3.19. The first-order valence-electron chi connectivity index (χ1n) is 8.31. The Bertz CT molecular complexity index is 425. The summed E-state index contributed by atoms with van der Waals surface area (Å²) in [6, 6.07) is 6.38. The highest BCUT2D eigenvalue weighted by Gasteiger charge is 2.14. The van der Waals surface area contributed by atoms with E-state index in [1.807, 2.05) is 0 Å². The fourth-order valence-electron chi connectivity index (χ4n) is 2.81. The van der Waals surface area contributed by atoms with Gasteiger partial charge in [0.1, 0.15) is 5.75 Å². The van der Waals surface area contributed by atoms with Crippen LogP contribution in [0.4, 0.5) is 0 Å². The minimum atomic E-state index is 0.408. The number of hydrogen-bond donors (Lipinski definition) is 1. The lowest BCUT2D eigenvalue weighted by Gasteiger charge is -2.18. The van der Waals surface area contributed by atoms with Crippen molar-refractivity contribution < 1.29 is 4.74 Å². The van der Waals surface area contributed by atoms with Gasteiger partial charge in [-0.05, 0) is 61.9 Å². The first-order chi connectivity index (χ1) is 10.1. The van der Waals surface area contributed by atoms with Gasteiger partial charge in [-0.1, -0.05) is 42.6 Å². The zero-order valence-electron chi connectivity index (χ0n) is 13.3. The molecule has 1 saturated carbocycles. The van der Waals surface area contributed by atoms with Crippen molar-refractivity contribution in [2.75, 3.05) is 6.54 Å². The van der Waals surface area contributed by atoms with Crippen molar-refractivity contribution in [1.82, 2.24) is 5.32 Å². The highest BCUT2D eigenvalue weighted by Crippen LogP contribution is 2.26. The molecule has 0 aliphatic heterocycles. The van der Waals surface area contributed by atoms with Crippen LogP contribution >= 0.6 is 15.9 Å². The van der Waals surface area contributed by atoms with Crippen LogP contribution in [0.3, 0.4) is 0 Å². The molecular formula is C18H28BrNO. The summed E-state index contributed by atoms with van der Waals surface area (Å²) in [6.07, 6.45) is 8.17. The molecule has 2 nitrogen and oxygen atoms in total. The molecule has 0 saturated heterocycles. The molecule has 1 aliphatic carbocycles. The van der Waals surface area contributed by atoms with Gasteiger partial charge in [-0.2, -0.15) is 0 Å². The number of benzene rings is 1. The second-order valence-corrected chi connectivity index (χ2v) is 7.36. The lowest BCUT2D eigenvalue weighted by Crippen LogP contribution is -2.19. The summed E-state index contributed by atoms with van der Waals surface area (Å²) >= 11 is 3.64. The second kappa shape index (κ2) is 8.79. The van der Waals surface area contributed by atoms with Gasteiger partial charge in [-0.15, -0.1) is 0 Å². The average Bonchev–Trinajstić information content (AvgIpc) is 2.70. The van der Waals surface area contributed by atoms with Gasteiger partial charge < -0.3 is 10.1 Å². The molecule has 0 radical (unpaired) electrons. The van der Waals surface area contributed by atoms with E-state index in [9.17, 15) is 0 Å². The Morgan fingerprint density at radius 3 is 2.57 bits per heavy atom. The van der Waals surface area contributed by atoms with Gasteiger partial charge in [0.15, 0.2) is 0 Å². The average molecular weight is 354 g/mol. The topological polar surface area (TPSA) is 21.3 Å². The van der Waals surface area contributed by atoms with Gasteiger partial charge in [0.25, 0.3) is 0 Å². The molecule has 1 aliphatic rings. The highest BCUT2D eigenvalue weighted by molar-refractivity contribution is 9.10. The van der Waals surface area contributed by atoms with Gasteiger partial charge in [0, 0.05) is 11.0 Å². The summed E-state index contributed by atoms with van der Waals surface area (Å²) in [4.78, 5) is 0. The molecular weight excluding hydrogens is 326 g/mol. The first kappa shape index (κ1) is 16.8. The Hall–Kier alpha value is -0.540. The highest BCUT2D eigenvalue weighted by atomic mass is 79.9. The summed E-state index contributed by atoms with van der Waals surface area (Å²) in [5, 5.41) is 3.50. The van der Waals surface area contributed by atoms with E-state index in [0.717, 1.165) is 23.3 Å². The third kappa shape index (κ3) is 5.99. The van der Waals surface area contributed by atoms with Crippen LogP contribution in [0.5, 0.6) is 5.75 Å². The maximum atomic E-state index is 6.21. The van der Waals surface area contributed by atoms with Gasteiger partial charge in [-0.3, -0.25) is 0 Å². The monoisotopic (exact) mass is 353 g/mol. The van der Waals surface area contributed by atoms with Crippen molar-refractivity contribution in [3.05, 3.63) is 28.2 Å². The molecule has 0 unspecified atom stereocenters. The predicted molar refractivity (Wildman–Crippen MR) is 92.8 cm³/mol. The Kier molecular flexibility index (Phi) is 7.05. The van der Waals surface area contributed by atoms with Gasteiger partial charge >= 0.3 is 0 Å². The molecule has 0 spiro atoms. The first-order valence-corrected chi connectivity index (χ1v) is 9.10. The smallest absolute Gasteiger partial charge is 0.120 e. The Morgan fingerprint density at radius 2 is 1.90 bits per heavy atom. The van der Waals surface area contributed by atoms with Crippen LogP contribution in [0.15, 0.2) is 22.7 Å². The summed E-state index contributed by atoms with van der Waals surface area (Å²) in [5.74, 6) is 1.70. The lowest BCUT2D eigenvalue weighted by atomic mass is 10.1.